The Labute approximate surface area is 110 Å². The number of nitrogens with zero attached hydrogens (tertiary/aromatic N) is 1. The molecular formula is C13H16N2O4. The quantitative estimate of drug-likeness (QED) is 0.644. The van der Waals surface area contributed by atoms with E-state index in [0.717, 1.165) is 19.3 Å². The van der Waals surface area contributed by atoms with Crippen molar-refractivity contribution in [1.82, 2.24) is 5.32 Å². The van der Waals surface area contributed by atoms with Gasteiger partial charge >= 0.3 is 5.69 Å². The maximum atomic E-state index is 11.9. The first kappa shape index (κ1) is 13.3. The molecule has 1 amide bonds. The minimum Gasteiger partial charge on any atom is -0.502 e. The summed E-state index contributed by atoms with van der Waals surface area (Å²) < 4.78 is 0. The highest BCUT2D eigenvalue weighted by Crippen LogP contribution is 2.39. The zero-order valence-electron chi connectivity index (χ0n) is 10.7. The number of hydrogen-bond donors (Lipinski definition) is 2. The third-order valence-electron chi connectivity index (χ3n) is 3.69. The molecule has 6 heteroatoms. The first-order valence-corrected chi connectivity index (χ1v) is 6.17. The second-order valence-electron chi connectivity index (χ2n) is 5.28. The Balaban J connectivity index is 2.10. The minimum atomic E-state index is -0.709. The average Bonchev–Trinajstić information content (AvgIpc) is 2.33. The Kier molecular flexibility index (Phi) is 3.42. The number of nitro benzene ring substituents is 1. The van der Waals surface area contributed by atoms with Crippen molar-refractivity contribution in [2.75, 3.05) is 6.54 Å². The lowest BCUT2D eigenvalue weighted by Crippen LogP contribution is -2.39. The van der Waals surface area contributed by atoms with E-state index < -0.39 is 22.3 Å². The lowest BCUT2D eigenvalue weighted by atomic mass is 9.70. The van der Waals surface area contributed by atoms with Gasteiger partial charge in [0, 0.05) is 12.6 Å². The fraction of sp³-hybridized carbons (Fsp3) is 0.462. The van der Waals surface area contributed by atoms with Crippen LogP contribution in [-0.4, -0.2) is 22.5 Å². The van der Waals surface area contributed by atoms with Crippen molar-refractivity contribution in [2.45, 2.75) is 26.2 Å². The molecule has 102 valence electrons. The second-order valence-corrected chi connectivity index (χ2v) is 5.28. The molecule has 1 aliphatic carbocycles. The molecule has 0 spiro atoms. The third kappa shape index (κ3) is 2.67. The minimum absolute atomic E-state index is 0.0582. The normalized spacial score (nSPS) is 16.5. The highest BCUT2D eigenvalue weighted by molar-refractivity contribution is 5.98. The Morgan fingerprint density at radius 2 is 2.21 bits per heavy atom. The fourth-order valence-corrected chi connectivity index (χ4v) is 2.21. The van der Waals surface area contributed by atoms with Gasteiger partial charge in [-0.25, -0.2) is 0 Å². The summed E-state index contributed by atoms with van der Waals surface area (Å²) in [6.45, 7) is 2.61. The molecule has 2 rings (SSSR count). The van der Waals surface area contributed by atoms with Crippen LogP contribution in [0.5, 0.6) is 5.75 Å². The summed E-state index contributed by atoms with van der Waals surface area (Å²) in [4.78, 5) is 21.9. The summed E-state index contributed by atoms with van der Waals surface area (Å²) in [6, 6.07) is 3.93. The Hall–Kier alpha value is -2.11. The van der Waals surface area contributed by atoms with Crippen molar-refractivity contribution in [3.63, 3.8) is 0 Å². The summed E-state index contributed by atoms with van der Waals surface area (Å²) in [5.74, 6) is -1.06. The van der Waals surface area contributed by atoms with Crippen LogP contribution in [0.1, 0.15) is 36.5 Å². The van der Waals surface area contributed by atoms with Gasteiger partial charge in [0.05, 0.1) is 10.5 Å². The number of hydrogen-bond acceptors (Lipinski definition) is 4. The van der Waals surface area contributed by atoms with Crippen LogP contribution in [0, 0.1) is 15.5 Å². The molecule has 6 nitrogen and oxygen atoms in total. The van der Waals surface area contributed by atoms with E-state index in [0.29, 0.717) is 6.54 Å². The molecular weight excluding hydrogens is 248 g/mol. The molecule has 0 heterocycles. The van der Waals surface area contributed by atoms with Gasteiger partial charge in [-0.15, -0.1) is 0 Å². The first-order chi connectivity index (χ1) is 8.93. The molecule has 19 heavy (non-hydrogen) atoms. The maximum absolute atomic E-state index is 11.9. The van der Waals surface area contributed by atoms with Crippen LogP contribution in [0.15, 0.2) is 18.2 Å². The number of carbonyl (C=O) groups excluding carboxylic acids is 1. The van der Waals surface area contributed by atoms with Gasteiger partial charge in [-0.1, -0.05) is 19.4 Å². The number of phenolic OH excluding ortho intramolecular Hbond substituents is 1. The lowest BCUT2D eigenvalue weighted by molar-refractivity contribution is -0.385. The Morgan fingerprint density at radius 1 is 1.53 bits per heavy atom. The predicted molar refractivity (Wildman–Crippen MR) is 69.1 cm³/mol. The summed E-state index contributed by atoms with van der Waals surface area (Å²) in [5, 5.41) is 23.1. The number of amides is 1. The van der Waals surface area contributed by atoms with Gasteiger partial charge in [0.1, 0.15) is 0 Å². The van der Waals surface area contributed by atoms with Crippen LogP contribution in [0.25, 0.3) is 0 Å². The molecule has 0 aliphatic heterocycles. The molecule has 0 saturated heterocycles. The monoisotopic (exact) mass is 264 g/mol. The van der Waals surface area contributed by atoms with Gasteiger partial charge in [-0.05, 0) is 24.3 Å². The molecule has 0 aromatic heterocycles. The standard InChI is InChI=1S/C13H16N2O4/c1-13(6-3-7-13)8-14-12(17)9-4-2-5-10(11(9)16)15(18)19/h2,4-5,16H,3,6-8H2,1H3,(H,14,17). The number of aromatic hydroxyl groups is 1. The fourth-order valence-electron chi connectivity index (χ4n) is 2.21. The molecule has 1 aromatic rings. The van der Waals surface area contributed by atoms with Crippen LogP contribution in [0.2, 0.25) is 0 Å². The summed E-state index contributed by atoms with van der Waals surface area (Å²) in [6.07, 6.45) is 3.29. The van der Waals surface area contributed by atoms with Crippen molar-refractivity contribution in [3.8, 4) is 5.75 Å². The number of para-hydroxylation sites is 1. The van der Waals surface area contributed by atoms with E-state index in [-0.39, 0.29) is 11.0 Å². The third-order valence-corrected chi connectivity index (χ3v) is 3.69. The molecule has 0 radical (unpaired) electrons. The number of rotatable bonds is 4. The van der Waals surface area contributed by atoms with Crippen LogP contribution < -0.4 is 5.32 Å². The first-order valence-electron chi connectivity index (χ1n) is 6.17. The van der Waals surface area contributed by atoms with E-state index in [2.05, 4.69) is 12.2 Å². The van der Waals surface area contributed by atoms with Crippen LogP contribution >= 0.6 is 0 Å². The Morgan fingerprint density at radius 3 is 2.74 bits per heavy atom. The van der Waals surface area contributed by atoms with Crippen molar-refractivity contribution in [1.29, 1.82) is 0 Å². The van der Waals surface area contributed by atoms with Gasteiger partial charge in [-0.3, -0.25) is 14.9 Å². The van der Waals surface area contributed by atoms with Crippen LogP contribution in [0.3, 0.4) is 0 Å². The Bertz CT molecular complexity index is 523. The summed E-state index contributed by atoms with van der Waals surface area (Å²) in [5.41, 5.74) is -0.397. The van der Waals surface area contributed by atoms with E-state index in [1.807, 2.05) is 0 Å². The van der Waals surface area contributed by atoms with Crippen molar-refractivity contribution >= 4 is 11.6 Å². The molecule has 2 N–H and O–H groups in total. The van der Waals surface area contributed by atoms with Crippen LogP contribution in [-0.2, 0) is 0 Å². The van der Waals surface area contributed by atoms with Crippen molar-refractivity contribution in [2.24, 2.45) is 5.41 Å². The van der Waals surface area contributed by atoms with E-state index in [1.165, 1.54) is 18.2 Å². The highest BCUT2D eigenvalue weighted by Gasteiger charge is 2.32. The smallest absolute Gasteiger partial charge is 0.311 e. The zero-order chi connectivity index (χ0) is 14.0. The molecule has 1 aliphatic rings. The molecule has 1 fully saturated rings. The van der Waals surface area contributed by atoms with E-state index in [9.17, 15) is 20.0 Å². The number of benzene rings is 1. The van der Waals surface area contributed by atoms with E-state index in [4.69, 9.17) is 0 Å². The van der Waals surface area contributed by atoms with Gasteiger partial charge in [-0.2, -0.15) is 0 Å². The summed E-state index contributed by atoms with van der Waals surface area (Å²) >= 11 is 0. The van der Waals surface area contributed by atoms with E-state index in [1.54, 1.807) is 0 Å². The lowest BCUT2D eigenvalue weighted by Gasteiger charge is -2.38. The van der Waals surface area contributed by atoms with Crippen molar-refractivity contribution in [3.05, 3.63) is 33.9 Å². The van der Waals surface area contributed by atoms with Gasteiger partial charge in [0.15, 0.2) is 0 Å². The molecule has 1 aromatic carbocycles. The average molecular weight is 264 g/mol. The SMILES string of the molecule is CC1(CNC(=O)c2cccc([N+](=O)[O-])c2O)CCC1. The van der Waals surface area contributed by atoms with Crippen LogP contribution in [0.4, 0.5) is 5.69 Å². The number of nitrogens with one attached hydrogen (secondary N) is 1. The number of carbonyl (C=O) groups is 1. The largest absolute Gasteiger partial charge is 0.502 e. The van der Waals surface area contributed by atoms with Gasteiger partial charge < -0.3 is 10.4 Å². The molecule has 1 saturated carbocycles. The predicted octanol–water partition coefficient (Wildman–Crippen LogP) is 2.22. The highest BCUT2D eigenvalue weighted by atomic mass is 16.6. The molecule has 0 atom stereocenters. The second kappa shape index (κ2) is 4.87. The van der Waals surface area contributed by atoms with Gasteiger partial charge in [0.25, 0.3) is 5.91 Å². The van der Waals surface area contributed by atoms with E-state index >= 15 is 0 Å². The topological polar surface area (TPSA) is 92.5 Å². The number of phenols is 1. The zero-order valence-corrected chi connectivity index (χ0v) is 10.7. The molecule has 0 bridgehead atoms. The summed E-state index contributed by atoms with van der Waals surface area (Å²) in [7, 11) is 0. The maximum Gasteiger partial charge on any atom is 0.311 e. The van der Waals surface area contributed by atoms with Gasteiger partial charge in [0.2, 0.25) is 5.75 Å². The number of nitro groups is 1. The molecule has 0 unspecified atom stereocenters. The van der Waals surface area contributed by atoms with Crippen molar-refractivity contribution < 1.29 is 14.8 Å².